The minimum absolute atomic E-state index is 0.183. The summed E-state index contributed by atoms with van der Waals surface area (Å²) < 4.78 is 1.67. The maximum absolute atomic E-state index is 11.7. The van der Waals surface area contributed by atoms with Crippen molar-refractivity contribution in [1.82, 2.24) is 20.1 Å². The quantitative estimate of drug-likeness (QED) is 0.596. The minimum atomic E-state index is -0.802. The first-order chi connectivity index (χ1) is 9.48. The van der Waals surface area contributed by atoms with E-state index in [2.05, 4.69) is 15.5 Å². The van der Waals surface area contributed by atoms with E-state index in [0.717, 1.165) is 25.8 Å². The number of primary amides is 1. The lowest BCUT2D eigenvalue weighted by molar-refractivity contribution is -0.122. The van der Waals surface area contributed by atoms with Crippen molar-refractivity contribution in [3.05, 3.63) is 10.5 Å². The predicted octanol–water partition coefficient (Wildman–Crippen LogP) is 0.242. The number of carbonyl (C=O) groups excluding carboxylic acids is 1. The molecule has 1 aromatic rings. The Kier molecular flexibility index (Phi) is 4.54. The Morgan fingerprint density at radius 1 is 1.65 bits per heavy atom. The molecular weight excluding hydrogens is 278 g/mol. The molecule has 0 bridgehead atoms. The van der Waals surface area contributed by atoms with Gasteiger partial charge in [0.25, 0.3) is 0 Å². The molecule has 0 spiro atoms. The van der Waals surface area contributed by atoms with Crippen LogP contribution in [-0.2, 0) is 4.79 Å². The van der Waals surface area contributed by atoms with E-state index in [-0.39, 0.29) is 11.7 Å². The first-order valence-corrected chi connectivity index (χ1v) is 7.81. The van der Waals surface area contributed by atoms with Crippen LogP contribution in [0.5, 0.6) is 0 Å². The van der Waals surface area contributed by atoms with Gasteiger partial charge in [0.2, 0.25) is 5.91 Å². The Balaban J connectivity index is 2.06. The number of nitrogens with zero attached hydrogens (tertiary/aromatic N) is 2. The highest BCUT2D eigenvalue weighted by atomic mass is 32.2. The van der Waals surface area contributed by atoms with Crippen molar-refractivity contribution in [3.8, 4) is 0 Å². The summed E-state index contributed by atoms with van der Waals surface area (Å²) in [6.45, 7) is 4.53. The number of H-pyrrole nitrogens is 1. The number of thioether (sulfide) groups is 1. The fraction of sp³-hybridized carbons (Fsp3) is 0.750. The molecule has 1 aliphatic rings. The van der Waals surface area contributed by atoms with Crippen LogP contribution in [0.4, 0.5) is 0 Å². The van der Waals surface area contributed by atoms with Gasteiger partial charge < -0.3 is 11.1 Å². The maximum atomic E-state index is 11.7. The summed E-state index contributed by atoms with van der Waals surface area (Å²) in [7, 11) is 0. The molecule has 1 aliphatic carbocycles. The van der Waals surface area contributed by atoms with E-state index >= 15 is 0 Å². The SMILES string of the molecule is CCCNC(C)(CSc1n[nH]c(=O)n1C1CC1)C(N)=O. The van der Waals surface area contributed by atoms with Crippen molar-refractivity contribution < 1.29 is 4.79 Å². The van der Waals surface area contributed by atoms with Crippen LogP contribution in [0.15, 0.2) is 9.95 Å². The normalized spacial score (nSPS) is 17.9. The summed E-state index contributed by atoms with van der Waals surface area (Å²) >= 11 is 1.38. The van der Waals surface area contributed by atoms with Crippen LogP contribution in [0.1, 0.15) is 39.2 Å². The maximum Gasteiger partial charge on any atom is 0.344 e. The number of aromatic nitrogens is 3. The third-order valence-corrected chi connectivity index (χ3v) is 4.65. The Labute approximate surface area is 121 Å². The number of carbonyl (C=O) groups is 1. The van der Waals surface area contributed by atoms with Gasteiger partial charge in [-0.1, -0.05) is 18.7 Å². The molecule has 1 saturated carbocycles. The van der Waals surface area contributed by atoms with Gasteiger partial charge in [0.1, 0.15) is 5.54 Å². The highest BCUT2D eigenvalue weighted by Crippen LogP contribution is 2.36. The second-order valence-corrected chi connectivity index (χ2v) is 6.27. The smallest absolute Gasteiger partial charge is 0.344 e. The summed E-state index contributed by atoms with van der Waals surface area (Å²) in [4.78, 5) is 23.3. The largest absolute Gasteiger partial charge is 0.368 e. The van der Waals surface area contributed by atoms with Gasteiger partial charge in [0, 0.05) is 11.8 Å². The van der Waals surface area contributed by atoms with Crippen molar-refractivity contribution in [2.24, 2.45) is 5.73 Å². The number of amides is 1. The van der Waals surface area contributed by atoms with Crippen molar-refractivity contribution >= 4 is 17.7 Å². The highest BCUT2D eigenvalue weighted by Gasteiger charge is 2.33. The Morgan fingerprint density at radius 2 is 2.35 bits per heavy atom. The predicted molar refractivity (Wildman–Crippen MR) is 77.7 cm³/mol. The molecule has 112 valence electrons. The van der Waals surface area contributed by atoms with Gasteiger partial charge in [-0.05, 0) is 32.7 Å². The van der Waals surface area contributed by atoms with E-state index in [0.29, 0.717) is 10.9 Å². The topological polar surface area (TPSA) is 106 Å². The van der Waals surface area contributed by atoms with Gasteiger partial charge in [-0.3, -0.25) is 9.36 Å². The first-order valence-electron chi connectivity index (χ1n) is 6.82. The lowest BCUT2D eigenvalue weighted by Crippen LogP contribution is -2.55. The number of aromatic amines is 1. The summed E-state index contributed by atoms with van der Waals surface area (Å²) in [6.07, 6.45) is 2.94. The van der Waals surface area contributed by atoms with E-state index in [1.54, 1.807) is 11.5 Å². The van der Waals surface area contributed by atoms with Crippen molar-refractivity contribution in [3.63, 3.8) is 0 Å². The molecule has 0 radical (unpaired) electrons. The summed E-state index contributed by atoms with van der Waals surface area (Å²) in [5.41, 5.74) is 4.50. The molecule has 0 aromatic carbocycles. The van der Waals surface area contributed by atoms with Gasteiger partial charge in [0.15, 0.2) is 5.16 Å². The van der Waals surface area contributed by atoms with Crippen molar-refractivity contribution in [2.45, 2.75) is 49.8 Å². The number of nitrogens with two attached hydrogens (primary N) is 1. The molecule has 1 heterocycles. The molecule has 1 atom stereocenters. The number of hydrogen-bond donors (Lipinski definition) is 3. The molecule has 2 rings (SSSR count). The molecule has 1 aromatic heterocycles. The molecule has 4 N–H and O–H groups in total. The molecule has 0 aliphatic heterocycles. The second-order valence-electron chi connectivity index (χ2n) is 5.32. The first kappa shape index (κ1) is 15.1. The monoisotopic (exact) mass is 299 g/mol. The average Bonchev–Trinajstić information content (AvgIpc) is 3.18. The van der Waals surface area contributed by atoms with Crippen molar-refractivity contribution in [2.75, 3.05) is 12.3 Å². The number of hydrogen-bond acceptors (Lipinski definition) is 5. The van der Waals surface area contributed by atoms with Gasteiger partial charge in [-0.15, -0.1) is 5.10 Å². The average molecular weight is 299 g/mol. The fourth-order valence-electron chi connectivity index (χ4n) is 1.87. The zero-order valence-electron chi connectivity index (χ0n) is 11.8. The van der Waals surface area contributed by atoms with Crippen LogP contribution >= 0.6 is 11.8 Å². The van der Waals surface area contributed by atoms with Crippen LogP contribution in [0.3, 0.4) is 0 Å². The van der Waals surface area contributed by atoms with E-state index in [1.807, 2.05) is 6.92 Å². The Bertz CT molecular complexity index is 536. The van der Waals surface area contributed by atoms with Crippen LogP contribution in [-0.4, -0.2) is 38.5 Å². The van der Waals surface area contributed by atoms with E-state index in [9.17, 15) is 9.59 Å². The molecule has 7 nitrogen and oxygen atoms in total. The summed E-state index contributed by atoms with van der Waals surface area (Å²) in [5.74, 6) is 0.0496. The zero-order chi connectivity index (χ0) is 14.8. The van der Waals surface area contributed by atoms with Crippen LogP contribution in [0.2, 0.25) is 0 Å². The summed E-state index contributed by atoms with van der Waals surface area (Å²) in [6, 6.07) is 0.257. The van der Waals surface area contributed by atoms with Crippen LogP contribution in [0.25, 0.3) is 0 Å². The van der Waals surface area contributed by atoms with Gasteiger partial charge >= 0.3 is 5.69 Å². The zero-order valence-corrected chi connectivity index (χ0v) is 12.6. The Morgan fingerprint density at radius 3 is 2.90 bits per heavy atom. The number of nitrogens with one attached hydrogen (secondary N) is 2. The minimum Gasteiger partial charge on any atom is -0.368 e. The molecule has 20 heavy (non-hydrogen) atoms. The van der Waals surface area contributed by atoms with Crippen LogP contribution < -0.4 is 16.7 Å². The molecule has 0 saturated heterocycles. The molecule has 1 amide bonds. The lowest BCUT2D eigenvalue weighted by Gasteiger charge is -2.26. The van der Waals surface area contributed by atoms with Gasteiger partial charge in [-0.25, -0.2) is 9.89 Å². The third kappa shape index (κ3) is 3.24. The molecule has 1 unspecified atom stereocenters. The van der Waals surface area contributed by atoms with Gasteiger partial charge in [0.05, 0.1) is 0 Å². The Hall–Kier alpha value is -1.28. The molecular formula is C12H21N5O2S. The fourth-order valence-corrected chi connectivity index (χ4v) is 3.01. The van der Waals surface area contributed by atoms with Crippen molar-refractivity contribution in [1.29, 1.82) is 0 Å². The summed E-state index contributed by atoms with van der Waals surface area (Å²) in [5, 5.41) is 10.3. The highest BCUT2D eigenvalue weighted by molar-refractivity contribution is 7.99. The van der Waals surface area contributed by atoms with Gasteiger partial charge in [-0.2, -0.15) is 0 Å². The molecule has 1 fully saturated rings. The van der Waals surface area contributed by atoms with E-state index in [4.69, 9.17) is 5.73 Å². The van der Waals surface area contributed by atoms with E-state index in [1.165, 1.54) is 11.8 Å². The molecule has 8 heteroatoms. The van der Waals surface area contributed by atoms with Crippen LogP contribution in [0, 0.1) is 0 Å². The standard InChI is InChI=1S/C12H21N5O2S/c1-3-6-14-12(2,9(13)18)7-20-11-16-15-10(19)17(11)8-4-5-8/h8,14H,3-7H2,1-2H3,(H2,13,18)(H,15,19). The lowest BCUT2D eigenvalue weighted by atomic mass is 10.1. The van der Waals surface area contributed by atoms with E-state index < -0.39 is 11.4 Å². The number of rotatable bonds is 8. The second kappa shape index (κ2) is 6.01. The third-order valence-electron chi connectivity index (χ3n) is 3.38.